The van der Waals surface area contributed by atoms with Gasteiger partial charge in [-0.2, -0.15) is 0 Å². The van der Waals surface area contributed by atoms with Crippen molar-refractivity contribution in [2.24, 2.45) is 11.3 Å². The Bertz CT molecular complexity index is 916. The fourth-order valence-corrected chi connectivity index (χ4v) is 2.91. The first-order valence-electron chi connectivity index (χ1n) is 10.3. The molecule has 0 aliphatic carbocycles. The van der Waals surface area contributed by atoms with E-state index in [4.69, 9.17) is 18.6 Å². The van der Waals surface area contributed by atoms with Gasteiger partial charge in [0.1, 0.15) is 11.3 Å². The lowest BCUT2D eigenvalue weighted by Crippen LogP contribution is -2.27. The minimum atomic E-state index is -0.594. The van der Waals surface area contributed by atoms with Crippen molar-refractivity contribution >= 4 is 16.9 Å². The molecule has 0 radical (unpaired) electrons. The van der Waals surface area contributed by atoms with E-state index in [2.05, 4.69) is 13.8 Å². The minimum absolute atomic E-state index is 0.0130. The molecule has 0 aliphatic heterocycles. The zero-order chi connectivity index (χ0) is 22.3. The third-order valence-corrected chi connectivity index (χ3v) is 4.91. The van der Waals surface area contributed by atoms with E-state index in [1.807, 2.05) is 13.8 Å². The van der Waals surface area contributed by atoms with Crippen LogP contribution in [0.15, 0.2) is 27.4 Å². The van der Waals surface area contributed by atoms with Crippen LogP contribution in [0, 0.1) is 17.2 Å². The summed E-state index contributed by atoms with van der Waals surface area (Å²) in [7, 11) is 1.33. The Hall–Kier alpha value is -2.57. The van der Waals surface area contributed by atoms with Crippen LogP contribution in [0.5, 0.6) is 11.5 Å². The van der Waals surface area contributed by atoms with Gasteiger partial charge in [-0.1, -0.05) is 13.8 Å². The topological polar surface area (TPSA) is 75.0 Å². The van der Waals surface area contributed by atoms with Crippen LogP contribution in [-0.4, -0.2) is 26.3 Å². The van der Waals surface area contributed by atoms with E-state index in [-0.39, 0.29) is 23.1 Å². The summed E-state index contributed by atoms with van der Waals surface area (Å²) in [5, 5.41) is 0.353. The number of hydrogen-bond donors (Lipinski definition) is 0. The van der Waals surface area contributed by atoms with Crippen LogP contribution in [0.25, 0.3) is 11.0 Å². The number of hydrogen-bond acceptors (Lipinski definition) is 6. The normalized spacial score (nSPS) is 11.7. The Morgan fingerprint density at radius 1 is 1.13 bits per heavy atom. The molecule has 30 heavy (non-hydrogen) atoms. The molecule has 2 rings (SSSR count). The SMILES string of the molecule is COc1cc2oc(=O)cc(OCCCCOC(=O)C(C)(C)CCC(C)C)c2cc1F. The number of halogens is 1. The Morgan fingerprint density at radius 3 is 2.50 bits per heavy atom. The first-order chi connectivity index (χ1) is 14.1. The number of carbonyl (C=O) groups is 1. The largest absolute Gasteiger partial charge is 0.494 e. The van der Waals surface area contributed by atoms with E-state index < -0.39 is 16.9 Å². The molecule has 0 fully saturated rings. The zero-order valence-electron chi connectivity index (χ0n) is 18.4. The summed E-state index contributed by atoms with van der Waals surface area (Å²) in [5.41, 5.74) is -0.903. The average molecular weight is 422 g/mol. The highest BCUT2D eigenvalue weighted by molar-refractivity contribution is 5.84. The first kappa shape index (κ1) is 23.7. The molecule has 2 aromatic rings. The van der Waals surface area contributed by atoms with E-state index in [0.717, 1.165) is 12.8 Å². The van der Waals surface area contributed by atoms with E-state index in [0.29, 0.717) is 37.4 Å². The van der Waals surface area contributed by atoms with E-state index >= 15 is 0 Å². The maximum atomic E-state index is 14.0. The van der Waals surface area contributed by atoms with Gasteiger partial charge in [-0.3, -0.25) is 4.79 Å². The lowest BCUT2D eigenvalue weighted by molar-refractivity contribution is -0.154. The van der Waals surface area contributed by atoms with Crippen molar-refractivity contribution in [1.82, 2.24) is 0 Å². The quantitative estimate of drug-likeness (QED) is 0.285. The molecule has 0 bridgehead atoms. The van der Waals surface area contributed by atoms with Gasteiger partial charge in [-0.25, -0.2) is 9.18 Å². The molecule has 0 amide bonds. The highest BCUT2D eigenvalue weighted by Crippen LogP contribution is 2.30. The van der Waals surface area contributed by atoms with Crippen LogP contribution in [0.2, 0.25) is 0 Å². The minimum Gasteiger partial charge on any atom is -0.494 e. The highest BCUT2D eigenvalue weighted by atomic mass is 19.1. The molecule has 6 nitrogen and oxygen atoms in total. The third-order valence-electron chi connectivity index (χ3n) is 4.91. The van der Waals surface area contributed by atoms with Gasteiger partial charge in [-0.05, 0) is 51.5 Å². The lowest BCUT2D eigenvalue weighted by atomic mass is 9.85. The number of ether oxygens (including phenoxy) is 3. The Balaban J connectivity index is 1.85. The third kappa shape index (κ3) is 6.47. The predicted molar refractivity (Wildman–Crippen MR) is 113 cm³/mol. The standard InChI is InChI=1S/C23H31FO6/c1-15(2)8-9-23(3,4)22(26)29-11-7-6-10-28-18-14-21(25)30-19-13-20(27-5)17(24)12-16(18)19/h12-15H,6-11H2,1-5H3. The van der Waals surface area contributed by atoms with Crippen LogP contribution in [0.1, 0.15) is 53.4 Å². The molecule has 1 heterocycles. The number of rotatable bonds is 11. The van der Waals surface area contributed by atoms with Gasteiger partial charge in [-0.15, -0.1) is 0 Å². The Kier molecular flexibility index (Phi) is 8.26. The summed E-state index contributed by atoms with van der Waals surface area (Å²) in [5.74, 6) is 0.00619. The predicted octanol–water partition coefficient (Wildman–Crippen LogP) is 5.11. The number of esters is 1. The van der Waals surface area contributed by atoms with Crippen LogP contribution < -0.4 is 15.1 Å². The highest BCUT2D eigenvalue weighted by Gasteiger charge is 2.29. The van der Waals surface area contributed by atoms with Crippen molar-refractivity contribution in [1.29, 1.82) is 0 Å². The summed E-state index contributed by atoms with van der Waals surface area (Å²) in [6, 6.07) is 3.72. The molecule has 1 aromatic carbocycles. The summed E-state index contributed by atoms with van der Waals surface area (Å²) in [6.07, 6.45) is 2.99. The van der Waals surface area contributed by atoms with Gasteiger partial charge in [0.05, 0.1) is 37.2 Å². The molecule has 0 N–H and O–H groups in total. The maximum absolute atomic E-state index is 14.0. The molecule has 0 spiro atoms. The number of fused-ring (bicyclic) bond motifs is 1. The summed E-state index contributed by atoms with van der Waals surface area (Å²) >= 11 is 0. The zero-order valence-corrected chi connectivity index (χ0v) is 18.4. The second kappa shape index (κ2) is 10.5. The van der Waals surface area contributed by atoms with Crippen molar-refractivity contribution < 1.29 is 27.8 Å². The molecule has 0 unspecified atom stereocenters. The van der Waals surface area contributed by atoms with Crippen LogP contribution in [-0.2, 0) is 9.53 Å². The van der Waals surface area contributed by atoms with Crippen LogP contribution >= 0.6 is 0 Å². The molecule has 0 aliphatic rings. The van der Waals surface area contributed by atoms with Crippen molar-refractivity contribution in [3.63, 3.8) is 0 Å². The molecule has 0 atom stereocenters. The van der Waals surface area contributed by atoms with Gasteiger partial charge in [0.15, 0.2) is 11.6 Å². The smallest absolute Gasteiger partial charge is 0.339 e. The average Bonchev–Trinajstić information content (AvgIpc) is 2.68. The molecular formula is C23H31FO6. The van der Waals surface area contributed by atoms with Gasteiger partial charge in [0.2, 0.25) is 0 Å². The van der Waals surface area contributed by atoms with Gasteiger partial charge >= 0.3 is 11.6 Å². The van der Waals surface area contributed by atoms with E-state index in [9.17, 15) is 14.0 Å². The van der Waals surface area contributed by atoms with Crippen LogP contribution in [0.4, 0.5) is 4.39 Å². The molecule has 0 saturated carbocycles. The second-order valence-corrected chi connectivity index (χ2v) is 8.42. The summed E-state index contributed by atoms with van der Waals surface area (Å²) in [4.78, 5) is 24.0. The fourth-order valence-electron chi connectivity index (χ4n) is 2.91. The number of unbranched alkanes of at least 4 members (excludes halogenated alkanes) is 1. The monoisotopic (exact) mass is 422 g/mol. The lowest BCUT2D eigenvalue weighted by Gasteiger charge is -2.23. The van der Waals surface area contributed by atoms with Crippen LogP contribution in [0.3, 0.4) is 0 Å². The molecule has 0 saturated heterocycles. The van der Waals surface area contributed by atoms with E-state index in [1.54, 1.807) is 0 Å². The van der Waals surface area contributed by atoms with Gasteiger partial charge in [0.25, 0.3) is 0 Å². The molecule has 7 heteroatoms. The molecule has 1 aromatic heterocycles. The summed E-state index contributed by atoms with van der Waals surface area (Å²) in [6.45, 7) is 8.66. The number of carbonyl (C=O) groups excluding carboxylic acids is 1. The second-order valence-electron chi connectivity index (χ2n) is 8.42. The first-order valence-corrected chi connectivity index (χ1v) is 10.3. The van der Waals surface area contributed by atoms with E-state index in [1.165, 1.54) is 25.3 Å². The maximum Gasteiger partial charge on any atom is 0.339 e. The Morgan fingerprint density at radius 2 is 1.83 bits per heavy atom. The number of methoxy groups -OCH3 is 1. The van der Waals surface area contributed by atoms with Gasteiger partial charge in [0, 0.05) is 6.07 Å². The van der Waals surface area contributed by atoms with Crippen molar-refractivity contribution in [2.45, 2.75) is 53.4 Å². The number of benzene rings is 1. The summed E-state index contributed by atoms with van der Waals surface area (Å²) < 4.78 is 35.1. The van der Waals surface area contributed by atoms with Gasteiger partial charge < -0.3 is 18.6 Å². The Labute approximate surface area is 176 Å². The molecular weight excluding hydrogens is 391 g/mol. The van der Waals surface area contributed by atoms with Crippen molar-refractivity contribution in [3.05, 3.63) is 34.4 Å². The van der Waals surface area contributed by atoms with Crippen molar-refractivity contribution in [2.75, 3.05) is 20.3 Å². The fraction of sp³-hybridized carbons (Fsp3) is 0.565. The molecule has 166 valence electrons. The van der Waals surface area contributed by atoms with Crippen molar-refractivity contribution in [3.8, 4) is 11.5 Å².